The molecule has 1 aromatic carbocycles. The lowest BCUT2D eigenvalue weighted by atomic mass is 10.1. The number of benzene rings is 1. The molecular formula is C13H14N2O2. The summed E-state index contributed by atoms with van der Waals surface area (Å²) in [6.07, 6.45) is 0. The van der Waals surface area contributed by atoms with Crippen LogP contribution in [0.25, 0.3) is 11.3 Å². The smallest absolute Gasteiger partial charge is 0.274 e. The Hall–Kier alpha value is -2.23. The number of rotatable bonds is 2. The van der Waals surface area contributed by atoms with Crippen molar-refractivity contribution in [1.29, 1.82) is 0 Å². The van der Waals surface area contributed by atoms with E-state index in [1.807, 2.05) is 13.0 Å². The van der Waals surface area contributed by atoms with E-state index in [0.717, 1.165) is 11.3 Å². The molecule has 2 rings (SSSR count). The fourth-order valence-corrected chi connectivity index (χ4v) is 1.83. The first kappa shape index (κ1) is 11.3. The molecule has 0 fully saturated rings. The summed E-state index contributed by atoms with van der Waals surface area (Å²) in [6, 6.07) is 10.2. The number of aromatic hydroxyl groups is 1. The van der Waals surface area contributed by atoms with E-state index < -0.39 is 0 Å². The first-order valence-corrected chi connectivity index (χ1v) is 5.42. The standard InChI is InChI=1S/C13H14N2O2/c1-2-15-12(7-6-11(14)13(15)17)9-4-3-5-10(16)8-9/h3-8,16H,2,14H2,1H3. The molecule has 4 heteroatoms. The van der Waals surface area contributed by atoms with Crippen molar-refractivity contribution in [2.75, 3.05) is 5.73 Å². The topological polar surface area (TPSA) is 68.2 Å². The molecule has 0 amide bonds. The number of phenols is 1. The molecule has 0 atom stereocenters. The summed E-state index contributed by atoms with van der Waals surface area (Å²) in [5.74, 6) is 0.175. The number of aromatic nitrogens is 1. The van der Waals surface area contributed by atoms with Crippen molar-refractivity contribution in [1.82, 2.24) is 4.57 Å². The Morgan fingerprint density at radius 3 is 2.71 bits per heavy atom. The van der Waals surface area contributed by atoms with Crippen molar-refractivity contribution < 1.29 is 5.11 Å². The Morgan fingerprint density at radius 1 is 1.29 bits per heavy atom. The summed E-state index contributed by atoms with van der Waals surface area (Å²) < 4.78 is 1.59. The first-order chi connectivity index (χ1) is 8.13. The van der Waals surface area contributed by atoms with Crippen LogP contribution in [0.4, 0.5) is 5.69 Å². The van der Waals surface area contributed by atoms with Gasteiger partial charge in [0.05, 0.1) is 11.4 Å². The van der Waals surface area contributed by atoms with Gasteiger partial charge in [0.2, 0.25) is 0 Å². The van der Waals surface area contributed by atoms with Crippen molar-refractivity contribution in [2.24, 2.45) is 0 Å². The van der Waals surface area contributed by atoms with E-state index in [1.165, 1.54) is 0 Å². The summed E-state index contributed by atoms with van der Waals surface area (Å²) in [4.78, 5) is 11.9. The fourth-order valence-electron chi connectivity index (χ4n) is 1.83. The highest BCUT2D eigenvalue weighted by atomic mass is 16.3. The zero-order valence-corrected chi connectivity index (χ0v) is 9.55. The van der Waals surface area contributed by atoms with Crippen molar-refractivity contribution in [3.63, 3.8) is 0 Å². The van der Waals surface area contributed by atoms with Crippen LogP contribution in [0, 0.1) is 0 Å². The Bertz CT molecular complexity index is 603. The zero-order valence-electron chi connectivity index (χ0n) is 9.55. The predicted octanol–water partition coefficient (Wildman–Crippen LogP) is 1.82. The van der Waals surface area contributed by atoms with Gasteiger partial charge in [-0.1, -0.05) is 12.1 Å². The van der Waals surface area contributed by atoms with Crippen LogP contribution in [0.5, 0.6) is 5.75 Å². The number of nitrogens with two attached hydrogens (primary N) is 1. The maximum absolute atomic E-state index is 11.9. The van der Waals surface area contributed by atoms with E-state index >= 15 is 0 Å². The predicted molar refractivity (Wildman–Crippen MR) is 67.9 cm³/mol. The average Bonchev–Trinajstić information content (AvgIpc) is 2.32. The molecule has 0 aliphatic heterocycles. The van der Waals surface area contributed by atoms with Crippen LogP contribution in [0.1, 0.15) is 6.92 Å². The normalized spacial score (nSPS) is 10.4. The zero-order chi connectivity index (χ0) is 12.4. The summed E-state index contributed by atoms with van der Waals surface area (Å²) in [5.41, 5.74) is 7.17. The van der Waals surface area contributed by atoms with Gasteiger partial charge >= 0.3 is 0 Å². The highest BCUT2D eigenvalue weighted by molar-refractivity contribution is 5.63. The molecule has 1 heterocycles. The van der Waals surface area contributed by atoms with Crippen LogP contribution in [-0.2, 0) is 6.54 Å². The maximum Gasteiger partial charge on any atom is 0.274 e. The number of nitrogen functional groups attached to an aromatic ring is 1. The summed E-state index contributed by atoms with van der Waals surface area (Å²) in [7, 11) is 0. The fraction of sp³-hybridized carbons (Fsp3) is 0.154. The van der Waals surface area contributed by atoms with Gasteiger partial charge in [0.15, 0.2) is 0 Å². The molecule has 3 N–H and O–H groups in total. The number of hydrogen-bond acceptors (Lipinski definition) is 3. The number of phenolic OH excluding ortho intramolecular Hbond substituents is 1. The second-order valence-electron chi connectivity index (χ2n) is 3.77. The van der Waals surface area contributed by atoms with Gasteiger partial charge in [-0.3, -0.25) is 4.79 Å². The van der Waals surface area contributed by atoms with Gasteiger partial charge in [0.1, 0.15) is 5.75 Å². The Morgan fingerprint density at radius 2 is 2.06 bits per heavy atom. The molecule has 0 saturated heterocycles. The molecule has 1 aromatic heterocycles. The number of nitrogens with zero attached hydrogens (tertiary/aromatic N) is 1. The maximum atomic E-state index is 11.9. The number of anilines is 1. The van der Waals surface area contributed by atoms with Crippen molar-refractivity contribution >= 4 is 5.69 Å². The monoisotopic (exact) mass is 230 g/mol. The lowest BCUT2D eigenvalue weighted by molar-refractivity contribution is 0.475. The second-order valence-corrected chi connectivity index (χ2v) is 3.77. The molecular weight excluding hydrogens is 216 g/mol. The average molecular weight is 230 g/mol. The molecule has 2 aromatic rings. The Balaban J connectivity index is 2.68. The van der Waals surface area contributed by atoms with Crippen LogP contribution < -0.4 is 11.3 Å². The van der Waals surface area contributed by atoms with Crippen molar-refractivity contribution in [2.45, 2.75) is 13.5 Å². The number of pyridine rings is 1. The second kappa shape index (κ2) is 4.33. The van der Waals surface area contributed by atoms with Crippen LogP contribution >= 0.6 is 0 Å². The highest BCUT2D eigenvalue weighted by Gasteiger charge is 2.07. The van der Waals surface area contributed by atoms with Crippen LogP contribution in [-0.4, -0.2) is 9.67 Å². The summed E-state index contributed by atoms with van der Waals surface area (Å²) >= 11 is 0. The van der Waals surface area contributed by atoms with Gasteiger partial charge in [0, 0.05) is 12.1 Å². The number of hydrogen-bond donors (Lipinski definition) is 2. The molecule has 0 saturated carbocycles. The Kier molecular flexibility index (Phi) is 2.87. The molecule has 0 aliphatic carbocycles. The SMILES string of the molecule is CCn1c(-c2cccc(O)c2)ccc(N)c1=O. The third kappa shape index (κ3) is 2.01. The summed E-state index contributed by atoms with van der Waals surface area (Å²) in [6.45, 7) is 2.42. The van der Waals surface area contributed by atoms with E-state index in [-0.39, 0.29) is 17.0 Å². The highest BCUT2D eigenvalue weighted by Crippen LogP contribution is 2.22. The van der Waals surface area contributed by atoms with E-state index in [2.05, 4.69) is 0 Å². The van der Waals surface area contributed by atoms with Crippen molar-refractivity contribution in [3.8, 4) is 17.0 Å². The van der Waals surface area contributed by atoms with E-state index in [4.69, 9.17) is 5.73 Å². The van der Waals surface area contributed by atoms with Gasteiger partial charge in [0.25, 0.3) is 5.56 Å². The van der Waals surface area contributed by atoms with Gasteiger partial charge in [-0.05, 0) is 31.2 Å². The van der Waals surface area contributed by atoms with E-state index in [0.29, 0.717) is 6.54 Å². The van der Waals surface area contributed by atoms with Crippen LogP contribution in [0.15, 0.2) is 41.2 Å². The minimum atomic E-state index is -0.201. The van der Waals surface area contributed by atoms with Crippen molar-refractivity contribution in [3.05, 3.63) is 46.8 Å². The van der Waals surface area contributed by atoms with Gasteiger partial charge in [-0.25, -0.2) is 0 Å². The van der Waals surface area contributed by atoms with Gasteiger partial charge < -0.3 is 15.4 Å². The third-order valence-corrected chi connectivity index (χ3v) is 2.66. The third-order valence-electron chi connectivity index (χ3n) is 2.66. The van der Waals surface area contributed by atoms with Crippen LogP contribution in [0.2, 0.25) is 0 Å². The van der Waals surface area contributed by atoms with Crippen LogP contribution in [0.3, 0.4) is 0 Å². The van der Waals surface area contributed by atoms with Gasteiger partial charge in [-0.15, -0.1) is 0 Å². The minimum Gasteiger partial charge on any atom is -0.508 e. The largest absolute Gasteiger partial charge is 0.508 e. The quantitative estimate of drug-likeness (QED) is 0.826. The van der Waals surface area contributed by atoms with E-state index in [9.17, 15) is 9.90 Å². The lowest BCUT2D eigenvalue weighted by Gasteiger charge is -2.11. The molecule has 17 heavy (non-hydrogen) atoms. The molecule has 4 nitrogen and oxygen atoms in total. The molecule has 88 valence electrons. The molecule has 0 aliphatic rings. The molecule has 0 spiro atoms. The molecule has 0 bridgehead atoms. The molecule has 0 radical (unpaired) electrons. The minimum absolute atomic E-state index is 0.175. The van der Waals surface area contributed by atoms with Gasteiger partial charge in [-0.2, -0.15) is 0 Å². The summed E-state index contributed by atoms with van der Waals surface area (Å²) in [5, 5.41) is 9.45. The lowest BCUT2D eigenvalue weighted by Crippen LogP contribution is -2.23. The Labute approximate surface area is 98.9 Å². The first-order valence-electron chi connectivity index (χ1n) is 5.42. The molecule has 0 unspecified atom stereocenters. The van der Waals surface area contributed by atoms with E-state index in [1.54, 1.807) is 34.9 Å².